The molecule has 2 aromatic heterocycles. The van der Waals surface area contributed by atoms with Crippen LogP contribution in [0.2, 0.25) is 0 Å². The molecule has 116 valence electrons. The molecule has 0 N–H and O–H groups in total. The number of carbonyl (C=O) groups excluding carboxylic acids is 1. The Morgan fingerprint density at radius 1 is 1.45 bits per heavy atom. The van der Waals surface area contributed by atoms with Crippen molar-refractivity contribution in [2.24, 2.45) is 0 Å². The van der Waals surface area contributed by atoms with Gasteiger partial charge in [-0.3, -0.25) is 9.78 Å². The van der Waals surface area contributed by atoms with Crippen molar-refractivity contribution in [2.45, 2.75) is 25.4 Å². The zero-order valence-corrected chi connectivity index (χ0v) is 13.7. The van der Waals surface area contributed by atoms with Crippen LogP contribution >= 0.6 is 11.3 Å². The van der Waals surface area contributed by atoms with Gasteiger partial charge in [-0.1, -0.05) is 0 Å². The first-order valence-electron chi connectivity index (χ1n) is 7.44. The summed E-state index contributed by atoms with van der Waals surface area (Å²) in [5.41, 5.74) is 4.47. The lowest BCUT2D eigenvalue weighted by atomic mass is 10.0. The zero-order chi connectivity index (χ0) is 15.5. The number of carbonyl (C=O) groups is 1. The van der Waals surface area contributed by atoms with Gasteiger partial charge in [-0.25, -0.2) is 4.98 Å². The normalized spacial score (nSPS) is 18.1. The number of thiazole rings is 1. The zero-order valence-electron chi connectivity index (χ0n) is 12.9. The summed E-state index contributed by atoms with van der Waals surface area (Å²) in [4.78, 5) is 25.2. The standard InChI is InChI=1S/C16H20N4OS/c1-19(2)9-13-8-12(5-6-17-13)15-4-3-7-20(15)16(21)14-10-22-11-18-14/h5-6,8,10-11,15H,3-4,7,9H2,1-2H3/t15-/m1/s1. The Kier molecular flexibility index (Phi) is 4.49. The van der Waals surface area contributed by atoms with Crippen LogP contribution in [-0.4, -0.2) is 46.3 Å². The van der Waals surface area contributed by atoms with Crippen LogP contribution in [0.15, 0.2) is 29.2 Å². The summed E-state index contributed by atoms with van der Waals surface area (Å²) in [6.45, 7) is 1.60. The predicted octanol–water partition coefficient (Wildman–Crippen LogP) is 2.58. The molecule has 1 saturated heterocycles. The number of amides is 1. The third kappa shape index (κ3) is 3.18. The molecule has 0 bridgehead atoms. The number of likely N-dealkylation sites (tertiary alicyclic amines) is 1. The third-order valence-electron chi connectivity index (χ3n) is 3.87. The Bertz CT molecular complexity index is 641. The largest absolute Gasteiger partial charge is 0.330 e. The van der Waals surface area contributed by atoms with Crippen molar-refractivity contribution in [3.63, 3.8) is 0 Å². The van der Waals surface area contributed by atoms with Crippen LogP contribution in [0.1, 0.15) is 40.6 Å². The van der Waals surface area contributed by atoms with Gasteiger partial charge in [0.1, 0.15) is 5.69 Å². The predicted molar refractivity (Wildman–Crippen MR) is 86.8 cm³/mol. The summed E-state index contributed by atoms with van der Waals surface area (Å²) in [5, 5.41) is 1.82. The maximum atomic E-state index is 12.6. The first kappa shape index (κ1) is 15.1. The summed E-state index contributed by atoms with van der Waals surface area (Å²) in [5.74, 6) is 0.0368. The highest BCUT2D eigenvalue weighted by Crippen LogP contribution is 2.33. The van der Waals surface area contributed by atoms with Gasteiger partial charge in [0, 0.05) is 24.7 Å². The van der Waals surface area contributed by atoms with E-state index in [9.17, 15) is 4.79 Å². The Labute approximate surface area is 134 Å². The third-order valence-corrected chi connectivity index (χ3v) is 4.46. The van der Waals surface area contributed by atoms with Gasteiger partial charge in [-0.05, 0) is 44.6 Å². The highest BCUT2D eigenvalue weighted by Gasteiger charge is 2.31. The number of pyridine rings is 1. The molecular weight excluding hydrogens is 296 g/mol. The van der Waals surface area contributed by atoms with Crippen LogP contribution in [0, 0.1) is 0 Å². The number of nitrogens with zero attached hydrogens (tertiary/aromatic N) is 4. The van der Waals surface area contributed by atoms with Crippen molar-refractivity contribution < 1.29 is 4.79 Å². The SMILES string of the molecule is CN(C)Cc1cc([C@H]2CCCN2C(=O)c2cscn2)ccn1. The van der Waals surface area contributed by atoms with E-state index in [1.165, 1.54) is 16.9 Å². The quantitative estimate of drug-likeness (QED) is 0.870. The van der Waals surface area contributed by atoms with Crippen molar-refractivity contribution >= 4 is 17.2 Å². The molecule has 0 unspecified atom stereocenters. The molecule has 3 rings (SSSR count). The first-order chi connectivity index (χ1) is 10.6. The minimum Gasteiger partial charge on any atom is -0.330 e. The van der Waals surface area contributed by atoms with Gasteiger partial charge < -0.3 is 9.80 Å². The van der Waals surface area contributed by atoms with Crippen LogP contribution in [0.25, 0.3) is 0 Å². The number of aromatic nitrogens is 2. The second kappa shape index (κ2) is 6.54. The fourth-order valence-electron chi connectivity index (χ4n) is 2.94. The summed E-state index contributed by atoms with van der Waals surface area (Å²) < 4.78 is 0. The topological polar surface area (TPSA) is 49.3 Å². The van der Waals surface area contributed by atoms with E-state index in [1.54, 1.807) is 5.51 Å². The molecule has 0 radical (unpaired) electrons. The smallest absolute Gasteiger partial charge is 0.273 e. The molecule has 1 aliphatic rings. The van der Waals surface area contributed by atoms with Gasteiger partial charge in [-0.15, -0.1) is 11.3 Å². The fourth-order valence-corrected chi connectivity index (χ4v) is 3.46. The molecule has 0 aromatic carbocycles. The van der Waals surface area contributed by atoms with Gasteiger partial charge in [0.25, 0.3) is 5.91 Å². The second-order valence-corrected chi connectivity index (χ2v) is 6.57. The van der Waals surface area contributed by atoms with Crippen molar-refractivity contribution in [1.29, 1.82) is 0 Å². The van der Waals surface area contributed by atoms with Crippen LogP contribution in [-0.2, 0) is 6.54 Å². The maximum Gasteiger partial charge on any atom is 0.273 e. The molecule has 1 fully saturated rings. The van der Waals surface area contributed by atoms with Gasteiger partial charge in [0.15, 0.2) is 0 Å². The van der Waals surface area contributed by atoms with Crippen molar-refractivity contribution in [3.05, 3.63) is 46.2 Å². The van der Waals surface area contributed by atoms with Gasteiger partial charge >= 0.3 is 0 Å². The lowest BCUT2D eigenvalue weighted by molar-refractivity contribution is 0.0730. The molecule has 0 aliphatic carbocycles. The molecule has 3 heterocycles. The van der Waals surface area contributed by atoms with E-state index in [-0.39, 0.29) is 11.9 Å². The first-order valence-corrected chi connectivity index (χ1v) is 8.38. The number of rotatable bonds is 4. The average molecular weight is 316 g/mol. The molecule has 5 nitrogen and oxygen atoms in total. The monoisotopic (exact) mass is 316 g/mol. The molecule has 1 aliphatic heterocycles. The molecule has 1 amide bonds. The number of hydrogen-bond donors (Lipinski definition) is 0. The maximum absolute atomic E-state index is 12.6. The Morgan fingerprint density at radius 2 is 2.32 bits per heavy atom. The van der Waals surface area contributed by atoms with E-state index in [0.29, 0.717) is 5.69 Å². The van der Waals surface area contributed by atoms with Crippen LogP contribution in [0.5, 0.6) is 0 Å². The van der Waals surface area contributed by atoms with Crippen molar-refractivity contribution in [2.75, 3.05) is 20.6 Å². The van der Waals surface area contributed by atoms with Crippen molar-refractivity contribution in [1.82, 2.24) is 19.8 Å². The Balaban J connectivity index is 1.82. The molecular formula is C16H20N4OS. The summed E-state index contributed by atoms with van der Waals surface area (Å²) in [7, 11) is 4.06. The van der Waals surface area contributed by atoms with Crippen LogP contribution in [0.3, 0.4) is 0 Å². The minimum atomic E-state index is 0.0368. The molecule has 2 aromatic rings. The van der Waals surface area contributed by atoms with Gasteiger partial charge in [0.05, 0.1) is 17.2 Å². The van der Waals surface area contributed by atoms with Crippen LogP contribution < -0.4 is 0 Å². The lowest BCUT2D eigenvalue weighted by Gasteiger charge is -2.24. The fraction of sp³-hybridized carbons (Fsp3) is 0.438. The van der Waals surface area contributed by atoms with Crippen LogP contribution in [0.4, 0.5) is 0 Å². The van der Waals surface area contributed by atoms with E-state index in [0.717, 1.165) is 31.6 Å². The second-order valence-electron chi connectivity index (χ2n) is 5.85. The lowest BCUT2D eigenvalue weighted by Crippen LogP contribution is -2.30. The van der Waals surface area contributed by atoms with Gasteiger partial charge in [-0.2, -0.15) is 0 Å². The molecule has 1 atom stereocenters. The Morgan fingerprint density at radius 3 is 3.05 bits per heavy atom. The molecule has 6 heteroatoms. The van der Waals surface area contributed by atoms with Gasteiger partial charge in [0.2, 0.25) is 0 Å². The molecule has 0 saturated carbocycles. The Hall–Kier alpha value is -1.79. The highest BCUT2D eigenvalue weighted by molar-refractivity contribution is 7.07. The van der Waals surface area contributed by atoms with E-state index >= 15 is 0 Å². The van der Waals surface area contributed by atoms with E-state index in [1.807, 2.05) is 36.6 Å². The summed E-state index contributed by atoms with van der Waals surface area (Å²) in [6.07, 6.45) is 3.88. The highest BCUT2D eigenvalue weighted by atomic mass is 32.1. The molecule has 22 heavy (non-hydrogen) atoms. The van der Waals surface area contributed by atoms with E-state index < -0.39 is 0 Å². The minimum absolute atomic E-state index is 0.0368. The van der Waals surface area contributed by atoms with E-state index in [2.05, 4.69) is 20.9 Å². The summed E-state index contributed by atoms with van der Waals surface area (Å²) >= 11 is 1.46. The average Bonchev–Trinajstić information content (AvgIpc) is 3.18. The summed E-state index contributed by atoms with van der Waals surface area (Å²) in [6, 6.07) is 4.28. The molecule has 0 spiro atoms. The number of hydrogen-bond acceptors (Lipinski definition) is 5. The van der Waals surface area contributed by atoms with E-state index in [4.69, 9.17) is 0 Å². The van der Waals surface area contributed by atoms with Crippen molar-refractivity contribution in [3.8, 4) is 0 Å².